The van der Waals surface area contributed by atoms with E-state index in [2.05, 4.69) is 182 Å². The first-order valence-electron chi connectivity index (χ1n) is 19.2. The zero-order chi connectivity index (χ0) is 37.7. The van der Waals surface area contributed by atoms with Crippen LogP contribution >= 0.6 is 11.3 Å². The van der Waals surface area contributed by atoms with E-state index >= 15 is 0 Å². The molecule has 0 spiro atoms. The van der Waals surface area contributed by atoms with E-state index < -0.39 is 0 Å². The van der Waals surface area contributed by atoms with Gasteiger partial charge in [0.25, 0.3) is 0 Å². The summed E-state index contributed by atoms with van der Waals surface area (Å²) in [6.45, 7) is 0. The van der Waals surface area contributed by atoms with Gasteiger partial charge in [0.15, 0.2) is 17.5 Å². The van der Waals surface area contributed by atoms with Crippen LogP contribution in [0.3, 0.4) is 0 Å². The molecule has 0 amide bonds. The third-order valence-electron chi connectivity index (χ3n) is 10.9. The quantitative estimate of drug-likeness (QED) is 0.170. The van der Waals surface area contributed by atoms with E-state index in [4.69, 9.17) is 15.0 Å². The van der Waals surface area contributed by atoms with Gasteiger partial charge in [-0.3, -0.25) is 0 Å². The predicted molar refractivity (Wildman–Crippen MR) is 240 cm³/mol. The van der Waals surface area contributed by atoms with Gasteiger partial charge < -0.3 is 0 Å². The van der Waals surface area contributed by atoms with Gasteiger partial charge in [0.05, 0.1) is 0 Å². The van der Waals surface area contributed by atoms with E-state index in [9.17, 15) is 0 Å². The van der Waals surface area contributed by atoms with Crippen LogP contribution in [0.2, 0.25) is 0 Å². The number of nitrogens with zero attached hydrogens (tertiary/aromatic N) is 3. The van der Waals surface area contributed by atoms with Gasteiger partial charge in [-0.05, 0) is 73.1 Å². The lowest BCUT2D eigenvalue weighted by Gasteiger charge is -2.17. The lowest BCUT2D eigenvalue weighted by atomic mass is 9.87. The molecule has 0 N–H and O–H groups in total. The number of fused-ring (bicyclic) bond motifs is 5. The van der Waals surface area contributed by atoms with Crippen LogP contribution in [-0.2, 0) is 0 Å². The van der Waals surface area contributed by atoms with Crippen molar-refractivity contribution in [3.05, 3.63) is 200 Å². The highest BCUT2D eigenvalue weighted by Crippen LogP contribution is 2.44. The van der Waals surface area contributed by atoms with Crippen molar-refractivity contribution in [3.8, 4) is 67.5 Å². The second kappa shape index (κ2) is 13.8. The average Bonchev–Trinajstić information content (AvgIpc) is 3.68. The maximum Gasteiger partial charge on any atom is 0.165 e. The van der Waals surface area contributed by atoms with Gasteiger partial charge in [-0.25, -0.2) is 15.0 Å². The van der Waals surface area contributed by atoms with Gasteiger partial charge in [-0.2, -0.15) is 0 Å². The standard InChI is InChI=1S/C53H33N3S/c1-3-15-34(16-4-1)42-31-29-35-17-7-9-23-40(35)48(42)39-22-13-21-38(33-39)43-32-30-36-18-8-10-24-41(36)49(43)53-55-51(37-19-5-2-6-20-37)54-52(56-53)46-27-14-26-45-44-25-11-12-28-47(44)57-50(45)46/h1-33H. The molecule has 0 fully saturated rings. The van der Waals surface area contributed by atoms with E-state index in [0.29, 0.717) is 17.5 Å². The van der Waals surface area contributed by atoms with Crippen molar-refractivity contribution in [1.29, 1.82) is 0 Å². The first-order valence-corrected chi connectivity index (χ1v) is 20.0. The van der Waals surface area contributed by atoms with Crippen molar-refractivity contribution in [3.63, 3.8) is 0 Å². The van der Waals surface area contributed by atoms with Crippen LogP contribution in [0.4, 0.5) is 0 Å². The molecule has 2 aromatic heterocycles. The van der Waals surface area contributed by atoms with Crippen molar-refractivity contribution >= 4 is 53.1 Å². The van der Waals surface area contributed by atoms with Gasteiger partial charge in [0.1, 0.15) is 0 Å². The smallest absolute Gasteiger partial charge is 0.165 e. The Morgan fingerprint density at radius 3 is 1.58 bits per heavy atom. The van der Waals surface area contributed by atoms with Crippen molar-refractivity contribution in [1.82, 2.24) is 15.0 Å². The molecule has 266 valence electrons. The van der Waals surface area contributed by atoms with Gasteiger partial charge in [0.2, 0.25) is 0 Å². The van der Waals surface area contributed by atoms with Crippen molar-refractivity contribution < 1.29 is 0 Å². The topological polar surface area (TPSA) is 38.7 Å². The SMILES string of the molecule is c1ccc(-c2nc(-c3c(-c4cccc(-c5c(-c6ccccc6)ccc6ccccc56)c4)ccc4ccccc34)nc(-c3cccc4c3sc3ccccc34)n2)cc1. The van der Waals surface area contributed by atoms with E-state index in [1.54, 1.807) is 11.3 Å². The largest absolute Gasteiger partial charge is 0.208 e. The Morgan fingerprint density at radius 1 is 0.298 bits per heavy atom. The summed E-state index contributed by atoms with van der Waals surface area (Å²) in [6, 6.07) is 71.1. The highest BCUT2D eigenvalue weighted by atomic mass is 32.1. The maximum absolute atomic E-state index is 5.42. The van der Waals surface area contributed by atoms with Crippen LogP contribution in [0, 0.1) is 0 Å². The summed E-state index contributed by atoms with van der Waals surface area (Å²) in [5.41, 5.74) is 9.85. The van der Waals surface area contributed by atoms with Gasteiger partial charge in [-0.1, -0.05) is 182 Å². The Balaban J connectivity index is 1.17. The zero-order valence-electron chi connectivity index (χ0n) is 30.8. The van der Waals surface area contributed by atoms with E-state index in [1.807, 2.05) is 18.2 Å². The predicted octanol–water partition coefficient (Wildman–Crippen LogP) is 14.5. The van der Waals surface area contributed by atoms with Crippen LogP contribution in [0.5, 0.6) is 0 Å². The lowest BCUT2D eigenvalue weighted by molar-refractivity contribution is 1.08. The van der Waals surface area contributed by atoms with Crippen molar-refractivity contribution in [2.24, 2.45) is 0 Å². The molecular formula is C53H33N3S. The molecule has 11 rings (SSSR count). The minimum absolute atomic E-state index is 0.643. The molecule has 9 aromatic carbocycles. The summed E-state index contributed by atoms with van der Waals surface area (Å²) in [7, 11) is 0. The molecule has 11 aromatic rings. The van der Waals surface area contributed by atoms with Gasteiger partial charge in [-0.15, -0.1) is 11.3 Å². The number of rotatable bonds is 6. The molecule has 0 aliphatic rings. The first kappa shape index (κ1) is 33.1. The van der Waals surface area contributed by atoms with Crippen molar-refractivity contribution in [2.45, 2.75) is 0 Å². The highest BCUT2D eigenvalue weighted by Gasteiger charge is 2.21. The fourth-order valence-corrected chi connectivity index (χ4v) is 9.50. The zero-order valence-corrected chi connectivity index (χ0v) is 31.6. The molecular weight excluding hydrogens is 711 g/mol. The molecule has 0 saturated carbocycles. The maximum atomic E-state index is 5.42. The Kier molecular flexibility index (Phi) is 8.01. The Morgan fingerprint density at radius 2 is 0.825 bits per heavy atom. The second-order valence-corrected chi connectivity index (χ2v) is 15.4. The number of aromatic nitrogens is 3. The van der Waals surface area contributed by atoms with Crippen LogP contribution in [0.15, 0.2) is 200 Å². The fraction of sp³-hybridized carbons (Fsp3) is 0. The third kappa shape index (κ3) is 5.78. The number of benzene rings is 9. The Hall–Kier alpha value is -7.27. The van der Waals surface area contributed by atoms with E-state index in [0.717, 1.165) is 44.2 Å². The van der Waals surface area contributed by atoms with Crippen LogP contribution in [0.1, 0.15) is 0 Å². The molecule has 3 nitrogen and oxygen atoms in total. The molecule has 0 unspecified atom stereocenters. The van der Waals surface area contributed by atoms with E-state index in [-0.39, 0.29) is 0 Å². The Labute approximate surface area is 334 Å². The normalized spacial score (nSPS) is 11.5. The molecule has 0 bridgehead atoms. The number of hydrogen-bond donors (Lipinski definition) is 0. The number of thiophene rings is 1. The van der Waals surface area contributed by atoms with Crippen LogP contribution in [0.25, 0.3) is 109 Å². The summed E-state index contributed by atoms with van der Waals surface area (Å²) in [5.74, 6) is 1.95. The molecule has 0 radical (unpaired) electrons. The molecule has 0 saturated heterocycles. The summed E-state index contributed by atoms with van der Waals surface area (Å²) in [4.78, 5) is 15.9. The van der Waals surface area contributed by atoms with Gasteiger partial charge >= 0.3 is 0 Å². The molecule has 4 heteroatoms. The average molecular weight is 744 g/mol. The summed E-state index contributed by atoms with van der Waals surface area (Å²) in [5, 5.41) is 7.11. The Bertz CT molecular complexity index is 3300. The number of hydrogen-bond acceptors (Lipinski definition) is 4. The molecule has 0 atom stereocenters. The summed E-state index contributed by atoms with van der Waals surface area (Å²) >= 11 is 1.79. The van der Waals surface area contributed by atoms with Gasteiger partial charge in [0, 0.05) is 36.9 Å². The highest BCUT2D eigenvalue weighted by molar-refractivity contribution is 7.26. The van der Waals surface area contributed by atoms with Crippen molar-refractivity contribution in [2.75, 3.05) is 0 Å². The molecule has 0 aliphatic heterocycles. The minimum atomic E-state index is 0.643. The third-order valence-corrected chi connectivity index (χ3v) is 12.2. The van der Waals surface area contributed by atoms with Crippen LogP contribution in [-0.4, -0.2) is 15.0 Å². The second-order valence-electron chi connectivity index (χ2n) is 14.3. The summed E-state index contributed by atoms with van der Waals surface area (Å²) in [6.07, 6.45) is 0. The molecule has 2 heterocycles. The summed E-state index contributed by atoms with van der Waals surface area (Å²) < 4.78 is 2.42. The fourth-order valence-electron chi connectivity index (χ4n) is 8.28. The lowest BCUT2D eigenvalue weighted by Crippen LogP contribution is -2.02. The minimum Gasteiger partial charge on any atom is -0.208 e. The van der Waals surface area contributed by atoms with Crippen LogP contribution < -0.4 is 0 Å². The van der Waals surface area contributed by atoms with E-state index in [1.165, 1.54) is 47.6 Å². The molecule has 0 aliphatic carbocycles. The first-order chi connectivity index (χ1) is 28.3. The molecule has 57 heavy (non-hydrogen) atoms. The monoisotopic (exact) mass is 743 g/mol.